The Morgan fingerprint density at radius 1 is 1.17 bits per heavy atom. The molecule has 0 aliphatic rings. The summed E-state index contributed by atoms with van der Waals surface area (Å²) in [5.41, 5.74) is 2.23. The zero-order valence-electron chi connectivity index (χ0n) is 9.48. The monoisotopic (exact) mass is 368 g/mol. The van der Waals surface area contributed by atoms with Crippen molar-refractivity contribution in [1.82, 2.24) is 9.78 Å². The molecule has 90 valence electrons. The molecule has 0 spiro atoms. The minimum absolute atomic E-state index is 0.698. The lowest BCUT2D eigenvalue weighted by Crippen LogP contribution is -2.01. The van der Waals surface area contributed by atoms with Crippen LogP contribution in [0, 0.1) is 3.57 Å². The van der Waals surface area contributed by atoms with Crippen LogP contribution in [-0.4, -0.2) is 9.78 Å². The van der Waals surface area contributed by atoms with E-state index in [-0.39, 0.29) is 0 Å². The van der Waals surface area contributed by atoms with E-state index in [0.29, 0.717) is 6.54 Å². The number of hydrogen-bond donors (Lipinski definition) is 0. The van der Waals surface area contributed by atoms with Gasteiger partial charge in [-0.05, 0) is 46.4 Å². The summed E-state index contributed by atoms with van der Waals surface area (Å²) in [5, 5.41) is 6.37. The van der Waals surface area contributed by atoms with Gasteiger partial charge in [0.2, 0.25) is 0 Å². The second kappa shape index (κ2) is 4.90. The zero-order chi connectivity index (χ0) is 12.5. The molecule has 0 aliphatic carbocycles. The fourth-order valence-corrected chi connectivity index (χ4v) is 2.63. The van der Waals surface area contributed by atoms with Crippen molar-refractivity contribution < 1.29 is 0 Å². The molecule has 0 radical (unpaired) electrons. The van der Waals surface area contributed by atoms with Crippen LogP contribution in [-0.2, 0) is 6.54 Å². The van der Waals surface area contributed by atoms with E-state index in [0.717, 1.165) is 21.5 Å². The SMILES string of the molecule is Clc1ccccc1Cn1ncc2ccc(I)cc21. The molecule has 0 atom stereocenters. The normalized spacial score (nSPS) is 11.0. The van der Waals surface area contributed by atoms with Crippen LogP contribution in [0.15, 0.2) is 48.7 Å². The van der Waals surface area contributed by atoms with Crippen LogP contribution in [0.1, 0.15) is 5.56 Å². The molecule has 0 amide bonds. The number of halogens is 2. The molecule has 0 aliphatic heterocycles. The molecule has 0 saturated carbocycles. The Morgan fingerprint density at radius 2 is 2.00 bits per heavy atom. The Kier molecular flexibility index (Phi) is 3.26. The Bertz CT molecular complexity index is 706. The third kappa shape index (κ3) is 2.24. The highest BCUT2D eigenvalue weighted by molar-refractivity contribution is 14.1. The standard InChI is InChI=1S/C14H10ClIN2/c15-13-4-2-1-3-11(13)9-18-14-7-12(16)6-5-10(14)8-17-18/h1-8H,9H2. The quantitative estimate of drug-likeness (QED) is 0.615. The first kappa shape index (κ1) is 12.0. The summed E-state index contributed by atoms with van der Waals surface area (Å²) in [6, 6.07) is 14.2. The molecule has 1 heterocycles. The van der Waals surface area contributed by atoms with Gasteiger partial charge in [0, 0.05) is 14.0 Å². The van der Waals surface area contributed by atoms with E-state index in [2.05, 4.69) is 45.9 Å². The Balaban J connectivity index is 2.05. The largest absolute Gasteiger partial charge is 0.260 e. The van der Waals surface area contributed by atoms with Gasteiger partial charge >= 0.3 is 0 Å². The molecule has 2 nitrogen and oxygen atoms in total. The molecule has 4 heteroatoms. The average molecular weight is 369 g/mol. The van der Waals surface area contributed by atoms with Gasteiger partial charge in [0.25, 0.3) is 0 Å². The van der Waals surface area contributed by atoms with Gasteiger partial charge in [0.05, 0.1) is 18.3 Å². The predicted octanol–water partition coefficient (Wildman–Crippen LogP) is 4.34. The van der Waals surface area contributed by atoms with Gasteiger partial charge in [0.1, 0.15) is 0 Å². The number of benzene rings is 2. The molecule has 3 rings (SSSR count). The third-order valence-electron chi connectivity index (χ3n) is 2.88. The molecular weight excluding hydrogens is 359 g/mol. The first-order chi connectivity index (χ1) is 8.74. The van der Waals surface area contributed by atoms with E-state index >= 15 is 0 Å². The lowest BCUT2D eigenvalue weighted by molar-refractivity contribution is 0.712. The van der Waals surface area contributed by atoms with Gasteiger partial charge < -0.3 is 0 Å². The van der Waals surface area contributed by atoms with Crippen molar-refractivity contribution in [2.24, 2.45) is 0 Å². The van der Waals surface area contributed by atoms with E-state index in [1.807, 2.05) is 35.1 Å². The Morgan fingerprint density at radius 3 is 2.83 bits per heavy atom. The molecule has 0 unspecified atom stereocenters. The van der Waals surface area contributed by atoms with Gasteiger partial charge in [-0.1, -0.05) is 35.9 Å². The van der Waals surface area contributed by atoms with Crippen molar-refractivity contribution in [3.05, 3.63) is 62.8 Å². The summed E-state index contributed by atoms with van der Waals surface area (Å²) >= 11 is 8.49. The Labute approximate surface area is 124 Å². The first-order valence-corrected chi connectivity index (χ1v) is 7.04. The van der Waals surface area contributed by atoms with Crippen LogP contribution < -0.4 is 0 Å². The molecule has 0 N–H and O–H groups in total. The lowest BCUT2D eigenvalue weighted by Gasteiger charge is -2.06. The van der Waals surface area contributed by atoms with E-state index in [1.165, 1.54) is 3.57 Å². The maximum Gasteiger partial charge on any atom is 0.0696 e. The minimum atomic E-state index is 0.698. The lowest BCUT2D eigenvalue weighted by atomic mass is 10.2. The van der Waals surface area contributed by atoms with Crippen LogP contribution in [0.4, 0.5) is 0 Å². The van der Waals surface area contributed by atoms with Gasteiger partial charge in [-0.2, -0.15) is 5.10 Å². The second-order valence-electron chi connectivity index (χ2n) is 4.10. The molecule has 3 aromatic rings. The summed E-state index contributed by atoms with van der Waals surface area (Å²) in [4.78, 5) is 0. The smallest absolute Gasteiger partial charge is 0.0696 e. The third-order valence-corrected chi connectivity index (χ3v) is 3.92. The van der Waals surface area contributed by atoms with Crippen molar-refractivity contribution in [3.63, 3.8) is 0 Å². The Hall–Kier alpha value is -1.07. The number of rotatable bonds is 2. The fourth-order valence-electron chi connectivity index (χ4n) is 1.96. The molecular formula is C14H10ClIN2. The summed E-state index contributed by atoms with van der Waals surface area (Å²) < 4.78 is 3.19. The van der Waals surface area contributed by atoms with Crippen LogP contribution in [0.2, 0.25) is 5.02 Å². The number of aromatic nitrogens is 2. The van der Waals surface area contributed by atoms with Crippen molar-refractivity contribution >= 4 is 45.1 Å². The number of fused-ring (bicyclic) bond motifs is 1. The predicted molar refractivity (Wildman–Crippen MR) is 83.0 cm³/mol. The van der Waals surface area contributed by atoms with Gasteiger partial charge in [-0.25, -0.2) is 0 Å². The zero-order valence-corrected chi connectivity index (χ0v) is 12.4. The maximum atomic E-state index is 6.18. The highest BCUT2D eigenvalue weighted by Crippen LogP contribution is 2.21. The van der Waals surface area contributed by atoms with E-state index < -0.39 is 0 Å². The average Bonchev–Trinajstić information content (AvgIpc) is 2.75. The molecule has 1 aromatic heterocycles. The van der Waals surface area contributed by atoms with Crippen LogP contribution in [0.5, 0.6) is 0 Å². The van der Waals surface area contributed by atoms with Gasteiger partial charge in [-0.15, -0.1) is 0 Å². The summed E-state index contributed by atoms with van der Waals surface area (Å²) in [6.45, 7) is 0.698. The molecule has 2 aromatic carbocycles. The molecule has 0 fully saturated rings. The van der Waals surface area contributed by atoms with Crippen LogP contribution >= 0.6 is 34.2 Å². The topological polar surface area (TPSA) is 17.8 Å². The van der Waals surface area contributed by atoms with Crippen molar-refractivity contribution in [1.29, 1.82) is 0 Å². The summed E-state index contributed by atoms with van der Waals surface area (Å²) in [5.74, 6) is 0. The van der Waals surface area contributed by atoms with Crippen molar-refractivity contribution in [2.45, 2.75) is 6.54 Å². The molecule has 0 saturated heterocycles. The van der Waals surface area contributed by atoms with E-state index in [1.54, 1.807) is 0 Å². The van der Waals surface area contributed by atoms with Gasteiger partial charge in [-0.3, -0.25) is 4.68 Å². The fraction of sp³-hybridized carbons (Fsp3) is 0.0714. The summed E-state index contributed by atoms with van der Waals surface area (Å²) in [7, 11) is 0. The molecule has 18 heavy (non-hydrogen) atoms. The van der Waals surface area contributed by atoms with Crippen molar-refractivity contribution in [2.75, 3.05) is 0 Å². The summed E-state index contributed by atoms with van der Waals surface area (Å²) in [6.07, 6.45) is 1.89. The van der Waals surface area contributed by atoms with Gasteiger partial charge in [0.15, 0.2) is 0 Å². The highest BCUT2D eigenvalue weighted by atomic mass is 127. The molecule has 0 bridgehead atoms. The number of hydrogen-bond acceptors (Lipinski definition) is 1. The van der Waals surface area contributed by atoms with E-state index in [9.17, 15) is 0 Å². The second-order valence-corrected chi connectivity index (χ2v) is 5.75. The van der Waals surface area contributed by atoms with Crippen molar-refractivity contribution in [3.8, 4) is 0 Å². The van der Waals surface area contributed by atoms with Crippen LogP contribution in [0.3, 0.4) is 0 Å². The maximum absolute atomic E-state index is 6.18. The minimum Gasteiger partial charge on any atom is -0.260 e. The van der Waals surface area contributed by atoms with E-state index in [4.69, 9.17) is 11.6 Å². The first-order valence-electron chi connectivity index (χ1n) is 5.58. The van der Waals surface area contributed by atoms with Crippen LogP contribution in [0.25, 0.3) is 10.9 Å². The number of nitrogens with zero attached hydrogens (tertiary/aromatic N) is 2. The highest BCUT2D eigenvalue weighted by Gasteiger charge is 2.05.